The van der Waals surface area contributed by atoms with E-state index in [2.05, 4.69) is 33.0 Å². The van der Waals surface area contributed by atoms with Crippen LogP contribution >= 0.6 is 0 Å². The summed E-state index contributed by atoms with van der Waals surface area (Å²) in [6, 6.07) is 0.463. The van der Waals surface area contributed by atoms with Crippen LogP contribution in [0.5, 0.6) is 0 Å². The normalized spacial score (nSPS) is 24.7. The number of rotatable bonds is 7. The SMILES string of the molecule is CCC1CC1NC(=O)CCC(CCN)C(C)(C)C. The van der Waals surface area contributed by atoms with Gasteiger partial charge >= 0.3 is 0 Å². The number of carbonyl (C=O) groups excluding carboxylic acids is 1. The lowest BCUT2D eigenvalue weighted by Crippen LogP contribution is -2.29. The highest BCUT2D eigenvalue weighted by Crippen LogP contribution is 2.34. The van der Waals surface area contributed by atoms with Gasteiger partial charge in [0, 0.05) is 12.5 Å². The van der Waals surface area contributed by atoms with E-state index < -0.39 is 0 Å². The van der Waals surface area contributed by atoms with Crippen LogP contribution in [0.3, 0.4) is 0 Å². The number of hydrogen-bond acceptors (Lipinski definition) is 2. The summed E-state index contributed by atoms with van der Waals surface area (Å²) in [6.07, 6.45) is 4.97. The van der Waals surface area contributed by atoms with E-state index in [4.69, 9.17) is 5.73 Å². The van der Waals surface area contributed by atoms with E-state index in [-0.39, 0.29) is 11.3 Å². The van der Waals surface area contributed by atoms with Crippen LogP contribution in [0.25, 0.3) is 0 Å². The van der Waals surface area contributed by atoms with E-state index in [9.17, 15) is 4.79 Å². The van der Waals surface area contributed by atoms with Crippen molar-refractivity contribution in [2.24, 2.45) is 23.0 Å². The van der Waals surface area contributed by atoms with E-state index in [0.29, 0.717) is 24.9 Å². The smallest absolute Gasteiger partial charge is 0.220 e. The van der Waals surface area contributed by atoms with Crippen LogP contribution in [0, 0.1) is 17.3 Å². The molecule has 0 spiro atoms. The quantitative estimate of drug-likeness (QED) is 0.734. The first-order valence-corrected chi connectivity index (χ1v) is 7.37. The molecular formula is C15H30N2O. The fourth-order valence-corrected chi connectivity index (χ4v) is 2.67. The molecule has 0 aliphatic heterocycles. The van der Waals surface area contributed by atoms with Crippen LogP contribution in [0.4, 0.5) is 0 Å². The van der Waals surface area contributed by atoms with Crippen LogP contribution < -0.4 is 11.1 Å². The molecule has 1 fully saturated rings. The first-order chi connectivity index (χ1) is 8.38. The third-order valence-electron chi connectivity index (χ3n) is 4.25. The van der Waals surface area contributed by atoms with Crippen molar-refractivity contribution in [3.05, 3.63) is 0 Å². The summed E-state index contributed by atoms with van der Waals surface area (Å²) in [5, 5.41) is 3.13. The van der Waals surface area contributed by atoms with Crippen molar-refractivity contribution < 1.29 is 4.79 Å². The number of carbonyl (C=O) groups is 1. The molecule has 0 bridgehead atoms. The molecule has 3 N–H and O–H groups in total. The molecule has 3 nitrogen and oxygen atoms in total. The lowest BCUT2D eigenvalue weighted by molar-refractivity contribution is -0.121. The minimum Gasteiger partial charge on any atom is -0.353 e. The molecule has 106 valence electrons. The number of nitrogens with two attached hydrogens (primary N) is 1. The summed E-state index contributed by atoms with van der Waals surface area (Å²) in [6.45, 7) is 9.61. The fraction of sp³-hybridized carbons (Fsp3) is 0.933. The first-order valence-electron chi connectivity index (χ1n) is 7.37. The molecule has 1 aliphatic carbocycles. The van der Waals surface area contributed by atoms with Gasteiger partial charge in [0.1, 0.15) is 0 Å². The van der Waals surface area contributed by atoms with Gasteiger partial charge in [0.2, 0.25) is 5.91 Å². The maximum absolute atomic E-state index is 11.8. The van der Waals surface area contributed by atoms with E-state index in [1.165, 1.54) is 12.8 Å². The highest BCUT2D eigenvalue weighted by Gasteiger charge is 2.36. The van der Waals surface area contributed by atoms with Crippen molar-refractivity contribution in [1.29, 1.82) is 0 Å². The van der Waals surface area contributed by atoms with Gasteiger partial charge in [-0.3, -0.25) is 4.79 Å². The van der Waals surface area contributed by atoms with E-state index in [1.54, 1.807) is 0 Å². The Morgan fingerprint density at radius 2 is 2.06 bits per heavy atom. The van der Waals surface area contributed by atoms with Crippen LogP contribution in [-0.2, 0) is 4.79 Å². The summed E-state index contributed by atoms with van der Waals surface area (Å²) < 4.78 is 0. The van der Waals surface area contributed by atoms with Crippen molar-refractivity contribution in [3.8, 4) is 0 Å². The Morgan fingerprint density at radius 3 is 2.50 bits per heavy atom. The molecule has 0 radical (unpaired) electrons. The zero-order valence-electron chi connectivity index (χ0n) is 12.5. The molecule has 0 aromatic heterocycles. The molecule has 3 unspecified atom stereocenters. The molecule has 0 heterocycles. The second-order valence-electron chi connectivity index (χ2n) is 6.76. The van der Waals surface area contributed by atoms with Gasteiger partial charge in [-0.2, -0.15) is 0 Å². The van der Waals surface area contributed by atoms with Crippen molar-refractivity contribution in [3.63, 3.8) is 0 Å². The van der Waals surface area contributed by atoms with E-state index >= 15 is 0 Å². The van der Waals surface area contributed by atoms with Gasteiger partial charge in [0.05, 0.1) is 0 Å². The maximum Gasteiger partial charge on any atom is 0.220 e. The third-order valence-corrected chi connectivity index (χ3v) is 4.25. The van der Waals surface area contributed by atoms with Crippen molar-refractivity contribution >= 4 is 5.91 Å². The average molecular weight is 254 g/mol. The van der Waals surface area contributed by atoms with Crippen molar-refractivity contribution in [2.45, 2.75) is 65.8 Å². The summed E-state index contributed by atoms with van der Waals surface area (Å²) in [4.78, 5) is 11.8. The predicted octanol–water partition coefficient (Wildman–Crippen LogP) is 2.69. The maximum atomic E-state index is 11.8. The molecular weight excluding hydrogens is 224 g/mol. The highest BCUT2D eigenvalue weighted by molar-refractivity contribution is 5.76. The molecule has 1 rings (SSSR count). The molecule has 3 heteroatoms. The number of amides is 1. The number of hydrogen-bond donors (Lipinski definition) is 2. The lowest BCUT2D eigenvalue weighted by Gasteiger charge is -2.30. The minimum absolute atomic E-state index is 0.224. The molecule has 0 aromatic carbocycles. The standard InChI is InChI=1S/C15H30N2O/c1-5-11-10-13(11)17-14(18)7-6-12(8-9-16)15(2,3)4/h11-13H,5-10,16H2,1-4H3,(H,17,18). The Kier molecular flexibility index (Phi) is 5.64. The van der Waals surface area contributed by atoms with Gasteiger partial charge in [0.25, 0.3) is 0 Å². The Morgan fingerprint density at radius 1 is 1.39 bits per heavy atom. The predicted molar refractivity (Wildman–Crippen MR) is 76.2 cm³/mol. The molecule has 1 amide bonds. The fourth-order valence-electron chi connectivity index (χ4n) is 2.67. The Balaban J connectivity index is 2.27. The van der Waals surface area contributed by atoms with Crippen LogP contribution in [-0.4, -0.2) is 18.5 Å². The van der Waals surface area contributed by atoms with Crippen molar-refractivity contribution in [2.75, 3.05) is 6.54 Å². The van der Waals surface area contributed by atoms with Gasteiger partial charge in [-0.1, -0.05) is 34.1 Å². The summed E-state index contributed by atoms with van der Waals surface area (Å²) in [5.74, 6) is 1.49. The number of nitrogens with one attached hydrogen (secondary N) is 1. The van der Waals surface area contributed by atoms with Crippen LogP contribution in [0.1, 0.15) is 59.8 Å². The van der Waals surface area contributed by atoms with Gasteiger partial charge in [0.15, 0.2) is 0 Å². The third kappa shape index (κ3) is 4.97. The Bertz CT molecular complexity index is 270. The van der Waals surface area contributed by atoms with Crippen LogP contribution in [0.2, 0.25) is 0 Å². The zero-order chi connectivity index (χ0) is 13.8. The van der Waals surface area contributed by atoms with E-state index in [0.717, 1.165) is 18.8 Å². The zero-order valence-corrected chi connectivity index (χ0v) is 12.5. The lowest BCUT2D eigenvalue weighted by atomic mass is 9.76. The molecule has 3 atom stereocenters. The van der Waals surface area contributed by atoms with Gasteiger partial charge in [-0.15, -0.1) is 0 Å². The summed E-state index contributed by atoms with van der Waals surface area (Å²) >= 11 is 0. The summed E-state index contributed by atoms with van der Waals surface area (Å²) in [5.41, 5.74) is 5.90. The second kappa shape index (κ2) is 6.55. The van der Waals surface area contributed by atoms with Gasteiger partial charge in [-0.05, 0) is 43.1 Å². The average Bonchev–Trinajstić information content (AvgIpc) is 3.01. The van der Waals surface area contributed by atoms with E-state index in [1.807, 2.05) is 0 Å². The molecule has 1 aliphatic rings. The highest BCUT2D eigenvalue weighted by atomic mass is 16.1. The minimum atomic E-state index is 0.224. The molecule has 0 aromatic rings. The van der Waals surface area contributed by atoms with Crippen molar-refractivity contribution in [1.82, 2.24) is 5.32 Å². The topological polar surface area (TPSA) is 55.1 Å². The molecule has 18 heavy (non-hydrogen) atoms. The monoisotopic (exact) mass is 254 g/mol. The summed E-state index contributed by atoms with van der Waals surface area (Å²) in [7, 11) is 0. The molecule has 1 saturated carbocycles. The van der Waals surface area contributed by atoms with Gasteiger partial charge < -0.3 is 11.1 Å². The van der Waals surface area contributed by atoms with Gasteiger partial charge in [-0.25, -0.2) is 0 Å². The second-order valence-corrected chi connectivity index (χ2v) is 6.76. The Hall–Kier alpha value is -0.570. The Labute approximate surface area is 112 Å². The molecule has 0 saturated heterocycles. The van der Waals surface area contributed by atoms with Crippen LogP contribution in [0.15, 0.2) is 0 Å². The first kappa shape index (κ1) is 15.5. The largest absolute Gasteiger partial charge is 0.353 e.